The van der Waals surface area contributed by atoms with Crippen molar-refractivity contribution < 1.29 is 32.9 Å². The van der Waals surface area contributed by atoms with Gasteiger partial charge in [-0.15, -0.1) is 0 Å². The molecule has 8 nitrogen and oxygen atoms in total. The highest BCUT2D eigenvalue weighted by atomic mass is 31.2. The van der Waals surface area contributed by atoms with E-state index >= 15 is 0 Å². The maximum atomic E-state index is 13.1. The van der Waals surface area contributed by atoms with E-state index < -0.39 is 20.0 Å². The third-order valence-electron chi connectivity index (χ3n) is 18.1. The van der Waals surface area contributed by atoms with E-state index in [4.69, 9.17) is 9.05 Å². The van der Waals surface area contributed by atoms with E-state index in [1.807, 2.05) is 27.2 Å². The number of carbonyl (C=O) groups excluding carboxylic acids is 1. The predicted octanol–water partition coefficient (Wildman–Crippen LogP) is 25.2. The minimum atomic E-state index is -4.37. The van der Waals surface area contributed by atoms with Crippen molar-refractivity contribution in [3.05, 3.63) is 36.5 Å². The van der Waals surface area contributed by atoms with Crippen LogP contribution in [-0.2, 0) is 18.4 Å². The fraction of sp³-hybridized carbons (Fsp3) is 0.910. The molecule has 0 aliphatic carbocycles. The smallest absolute Gasteiger partial charge is 0.387 e. The molecular formula is C78H154N2O6P+. The Bertz CT molecular complexity index is 1510. The molecule has 3 atom stereocenters. The Balaban J connectivity index is 4.02. The van der Waals surface area contributed by atoms with Gasteiger partial charge in [-0.1, -0.05) is 391 Å². The zero-order valence-electron chi connectivity index (χ0n) is 59.3. The van der Waals surface area contributed by atoms with Crippen molar-refractivity contribution in [1.29, 1.82) is 0 Å². The molecule has 0 aromatic carbocycles. The van der Waals surface area contributed by atoms with Crippen molar-refractivity contribution in [3.63, 3.8) is 0 Å². The molecule has 0 aliphatic rings. The SMILES string of the molecule is CCCCCCCCCCCCCCCCCCCCCCCC/C=C/CC/C=C/CC/C=C/C(O)C(COP(=O)(O)OCC[N+](C)(C)C)NC(=O)CCCCCCCCCCCCCCCCCCCCCCCCCCCCCCCCCCC. The average Bonchev–Trinajstić information content (AvgIpc) is 3.70. The maximum absolute atomic E-state index is 13.1. The van der Waals surface area contributed by atoms with Crippen LogP contribution in [0.5, 0.6) is 0 Å². The second-order valence-corrected chi connectivity index (χ2v) is 29.5. The minimum Gasteiger partial charge on any atom is -0.387 e. The molecule has 0 spiro atoms. The van der Waals surface area contributed by atoms with Crippen LogP contribution in [0.1, 0.15) is 406 Å². The largest absolute Gasteiger partial charge is 0.472 e. The van der Waals surface area contributed by atoms with Gasteiger partial charge in [0.15, 0.2) is 0 Å². The van der Waals surface area contributed by atoms with Crippen LogP contribution in [0.3, 0.4) is 0 Å². The molecule has 3 N–H and O–H groups in total. The number of likely N-dealkylation sites (N-methyl/N-ethyl adjacent to an activating group) is 1. The first-order valence-electron chi connectivity index (χ1n) is 38.9. The maximum Gasteiger partial charge on any atom is 0.472 e. The van der Waals surface area contributed by atoms with E-state index in [1.54, 1.807) is 6.08 Å². The molecule has 516 valence electrons. The Morgan fingerprint density at radius 3 is 0.920 bits per heavy atom. The summed E-state index contributed by atoms with van der Waals surface area (Å²) in [5, 5.41) is 14.0. The van der Waals surface area contributed by atoms with Crippen LogP contribution in [-0.4, -0.2) is 73.4 Å². The van der Waals surface area contributed by atoms with Crippen LogP contribution in [0.15, 0.2) is 36.5 Å². The molecule has 0 aromatic heterocycles. The van der Waals surface area contributed by atoms with E-state index in [2.05, 4.69) is 43.5 Å². The van der Waals surface area contributed by atoms with E-state index in [9.17, 15) is 19.4 Å². The van der Waals surface area contributed by atoms with Crippen molar-refractivity contribution in [2.75, 3.05) is 40.9 Å². The van der Waals surface area contributed by atoms with E-state index in [0.717, 1.165) is 44.9 Å². The second-order valence-electron chi connectivity index (χ2n) is 28.1. The zero-order chi connectivity index (χ0) is 63.4. The van der Waals surface area contributed by atoms with Crippen molar-refractivity contribution in [2.24, 2.45) is 0 Å². The number of allylic oxidation sites excluding steroid dienone is 5. The monoisotopic (exact) mass is 1250 g/mol. The number of aliphatic hydroxyl groups is 1. The Kier molecular flexibility index (Phi) is 68.1. The molecule has 9 heteroatoms. The van der Waals surface area contributed by atoms with E-state index in [-0.39, 0.29) is 19.1 Å². The van der Waals surface area contributed by atoms with E-state index in [1.165, 1.54) is 340 Å². The fourth-order valence-corrected chi connectivity index (χ4v) is 12.8. The summed E-state index contributed by atoms with van der Waals surface area (Å²) in [7, 11) is 1.57. The number of hydrogen-bond donors (Lipinski definition) is 3. The summed E-state index contributed by atoms with van der Waals surface area (Å²) < 4.78 is 23.8. The average molecular weight is 1250 g/mol. The predicted molar refractivity (Wildman–Crippen MR) is 383 cm³/mol. The van der Waals surface area contributed by atoms with Gasteiger partial charge in [0.05, 0.1) is 39.9 Å². The summed E-state index contributed by atoms with van der Waals surface area (Å²) >= 11 is 0. The normalized spacial score (nSPS) is 13.7. The molecule has 0 bridgehead atoms. The molecule has 87 heavy (non-hydrogen) atoms. The summed E-state index contributed by atoms with van der Waals surface area (Å²) in [4.78, 5) is 23.5. The van der Waals surface area contributed by atoms with Crippen LogP contribution in [0.25, 0.3) is 0 Å². The highest BCUT2D eigenvalue weighted by Crippen LogP contribution is 2.43. The molecule has 0 aromatic rings. The third kappa shape index (κ3) is 72.0. The van der Waals surface area contributed by atoms with E-state index in [0.29, 0.717) is 17.4 Å². The molecule has 0 aliphatic heterocycles. The van der Waals surface area contributed by atoms with Crippen molar-refractivity contribution >= 4 is 13.7 Å². The number of amides is 1. The number of phosphoric ester groups is 1. The summed E-state index contributed by atoms with van der Waals surface area (Å²) in [6.45, 7) is 4.86. The lowest BCUT2D eigenvalue weighted by molar-refractivity contribution is -0.870. The fourth-order valence-electron chi connectivity index (χ4n) is 12.1. The van der Waals surface area contributed by atoms with Crippen molar-refractivity contribution in [2.45, 2.75) is 418 Å². The zero-order valence-corrected chi connectivity index (χ0v) is 60.2. The molecule has 0 rings (SSSR count). The Labute approximate surface area is 544 Å². The quantitative estimate of drug-likeness (QED) is 0.0243. The van der Waals surface area contributed by atoms with Gasteiger partial charge in [-0.25, -0.2) is 4.57 Å². The van der Waals surface area contributed by atoms with Gasteiger partial charge in [0.25, 0.3) is 0 Å². The van der Waals surface area contributed by atoms with Gasteiger partial charge in [0.1, 0.15) is 13.2 Å². The van der Waals surface area contributed by atoms with Gasteiger partial charge in [-0.2, -0.15) is 0 Å². The van der Waals surface area contributed by atoms with Gasteiger partial charge in [-0.3, -0.25) is 13.8 Å². The van der Waals surface area contributed by atoms with Gasteiger partial charge < -0.3 is 19.8 Å². The highest BCUT2D eigenvalue weighted by Gasteiger charge is 2.28. The lowest BCUT2D eigenvalue weighted by atomic mass is 10.0. The molecule has 1 amide bonds. The highest BCUT2D eigenvalue weighted by molar-refractivity contribution is 7.47. The minimum absolute atomic E-state index is 0.0555. The molecule has 0 fully saturated rings. The van der Waals surface area contributed by atoms with Gasteiger partial charge in [0.2, 0.25) is 5.91 Å². The lowest BCUT2D eigenvalue weighted by Gasteiger charge is -2.25. The summed E-state index contributed by atoms with van der Waals surface area (Å²) in [6.07, 6.45) is 93.5. The van der Waals surface area contributed by atoms with Crippen LogP contribution < -0.4 is 5.32 Å². The van der Waals surface area contributed by atoms with Crippen molar-refractivity contribution in [3.8, 4) is 0 Å². The number of nitrogens with zero attached hydrogens (tertiary/aromatic N) is 1. The topological polar surface area (TPSA) is 105 Å². The number of nitrogens with one attached hydrogen (secondary N) is 1. The first-order valence-corrected chi connectivity index (χ1v) is 40.4. The number of aliphatic hydroxyl groups excluding tert-OH is 1. The Morgan fingerprint density at radius 1 is 0.379 bits per heavy atom. The lowest BCUT2D eigenvalue weighted by Crippen LogP contribution is -2.45. The number of hydrogen-bond acceptors (Lipinski definition) is 5. The van der Waals surface area contributed by atoms with Crippen molar-refractivity contribution in [1.82, 2.24) is 5.32 Å². The third-order valence-corrected chi connectivity index (χ3v) is 19.1. The standard InChI is InChI=1S/C78H153N2O6P/c1-6-8-10-12-14-16-18-20-22-24-26-28-30-32-34-36-38-40-42-44-46-48-50-52-54-56-58-60-62-64-66-68-70-72-78(82)79-76(75-86-87(83,84)85-74-73-80(3,4)5)77(81)71-69-67-65-63-61-59-57-55-53-51-49-47-45-43-41-39-37-35-33-31-29-27-25-23-21-19-17-15-13-11-9-7-2/h53,55,61,63,69,71,76-77,81H,6-52,54,56-60,62,64-68,70,72-75H2,1-5H3,(H-,79,82,83,84)/p+1/b55-53+,63-61+,71-69+. The summed E-state index contributed by atoms with van der Waals surface area (Å²) in [6, 6.07) is -0.870. The van der Waals surface area contributed by atoms with Crippen LogP contribution in [0, 0.1) is 0 Å². The molecule has 0 saturated heterocycles. The van der Waals surface area contributed by atoms with Gasteiger partial charge in [-0.05, 0) is 44.9 Å². The van der Waals surface area contributed by atoms with Gasteiger partial charge in [0, 0.05) is 6.42 Å². The van der Waals surface area contributed by atoms with Crippen LogP contribution in [0.2, 0.25) is 0 Å². The number of phosphoric acid groups is 1. The molecule has 0 radical (unpaired) electrons. The second kappa shape index (κ2) is 69.1. The number of rotatable bonds is 73. The molecule has 0 saturated carbocycles. The number of quaternary nitrogens is 1. The van der Waals surface area contributed by atoms with Crippen LogP contribution in [0.4, 0.5) is 0 Å². The summed E-state index contributed by atoms with van der Waals surface area (Å²) in [5.41, 5.74) is 0. The first-order chi connectivity index (χ1) is 42.5. The molecule has 3 unspecified atom stereocenters. The van der Waals surface area contributed by atoms with Gasteiger partial charge >= 0.3 is 7.82 Å². The molecular weight excluding hydrogens is 1090 g/mol. The Morgan fingerprint density at radius 2 is 0.632 bits per heavy atom. The number of unbranched alkanes of at least 4 members (excludes halogenated alkanes) is 56. The first kappa shape index (κ1) is 85.7. The Hall–Kier alpha value is -1.28. The summed E-state index contributed by atoms with van der Waals surface area (Å²) in [5.74, 6) is -0.182. The number of carbonyl (C=O) groups is 1. The molecule has 0 heterocycles. The van der Waals surface area contributed by atoms with Crippen LogP contribution >= 0.6 is 7.82 Å².